The smallest absolute Gasteiger partial charge is 0.100 e. The molecule has 148 valence electrons. The zero-order chi connectivity index (χ0) is 19.8. The maximum Gasteiger partial charge on any atom is 0.100 e. The predicted octanol–water partition coefficient (Wildman–Crippen LogP) is 4.21. The van der Waals surface area contributed by atoms with E-state index in [9.17, 15) is 10.3 Å². The fourth-order valence-corrected chi connectivity index (χ4v) is 4.63. The number of benzene rings is 1. The highest BCUT2D eigenvalue weighted by atomic mass is 16.4. The van der Waals surface area contributed by atoms with Gasteiger partial charge >= 0.3 is 0 Å². The summed E-state index contributed by atoms with van der Waals surface area (Å²) in [5.41, 5.74) is 7.14. The van der Waals surface area contributed by atoms with Crippen molar-refractivity contribution in [1.29, 1.82) is 0 Å². The molecule has 0 radical (unpaired) electrons. The van der Waals surface area contributed by atoms with Crippen molar-refractivity contribution in [1.82, 2.24) is 14.8 Å². The number of oxime groups is 1. The molecule has 2 aliphatic carbocycles. The zero-order valence-corrected chi connectivity index (χ0v) is 16.2. The highest BCUT2D eigenvalue weighted by molar-refractivity contribution is 6.04. The van der Waals surface area contributed by atoms with Crippen LogP contribution in [0.15, 0.2) is 54.1 Å². The van der Waals surface area contributed by atoms with Crippen molar-refractivity contribution in [2.45, 2.75) is 50.7 Å². The summed E-state index contributed by atoms with van der Waals surface area (Å²) in [5.74, 6) is 0. The molecule has 0 amide bonds. The molecule has 5 rings (SSSR count). The Kier molecular flexibility index (Phi) is 4.64. The normalized spacial score (nSPS) is 22.7. The third-order valence-electron chi connectivity index (χ3n) is 6.16. The predicted molar refractivity (Wildman–Crippen MR) is 111 cm³/mol. The van der Waals surface area contributed by atoms with Crippen LogP contribution in [0.3, 0.4) is 0 Å². The molecule has 2 heterocycles. The molecular formula is C23H24N4O2. The molecule has 6 heteroatoms. The second kappa shape index (κ2) is 7.44. The second-order valence-corrected chi connectivity index (χ2v) is 8.00. The van der Waals surface area contributed by atoms with Crippen LogP contribution < -0.4 is 0 Å². The van der Waals surface area contributed by atoms with E-state index in [1.807, 2.05) is 22.9 Å². The van der Waals surface area contributed by atoms with Crippen molar-refractivity contribution in [3.05, 3.63) is 60.0 Å². The summed E-state index contributed by atoms with van der Waals surface area (Å²) >= 11 is 0. The number of nitrogens with zero attached hydrogens (tertiary/aromatic N) is 4. The minimum Gasteiger partial charge on any atom is -0.411 e. The molecule has 2 N–H and O–H groups in total. The molecular weight excluding hydrogens is 364 g/mol. The van der Waals surface area contributed by atoms with Gasteiger partial charge in [-0.05, 0) is 61.8 Å². The molecule has 1 fully saturated rings. The molecule has 3 aromatic rings. The van der Waals surface area contributed by atoms with Crippen LogP contribution in [0.4, 0.5) is 0 Å². The van der Waals surface area contributed by atoms with Crippen LogP contribution in [-0.4, -0.2) is 36.9 Å². The number of pyridine rings is 1. The van der Waals surface area contributed by atoms with Gasteiger partial charge in [-0.2, -0.15) is 5.10 Å². The number of aryl methyl sites for hydroxylation is 1. The van der Waals surface area contributed by atoms with Gasteiger partial charge in [0.15, 0.2) is 0 Å². The monoisotopic (exact) mass is 388 g/mol. The van der Waals surface area contributed by atoms with Crippen molar-refractivity contribution < 1.29 is 10.3 Å². The van der Waals surface area contributed by atoms with Gasteiger partial charge in [-0.15, -0.1) is 0 Å². The van der Waals surface area contributed by atoms with Gasteiger partial charge in [0.05, 0.1) is 17.9 Å². The lowest BCUT2D eigenvalue weighted by atomic mass is 9.93. The minimum absolute atomic E-state index is 0.218. The quantitative estimate of drug-likeness (QED) is 0.520. The van der Waals surface area contributed by atoms with Gasteiger partial charge in [-0.1, -0.05) is 23.4 Å². The molecule has 2 atom stereocenters. The summed E-state index contributed by atoms with van der Waals surface area (Å²) in [4.78, 5) is 4.14. The van der Waals surface area contributed by atoms with Crippen molar-refractivity contribution in [3.8, 4) is 22.4 Å². The summed E-state index contributed by atoms with van der Waals surface area (Å²) in [7, 11) is 0. The van der Waals surface area contributed by atoms with Crippen LogP contribution in [0, 0.1) is 0 Å². The third-order valence-corrected chi connectivity index (χ3v) is 6.16. The fraction of sp³-hybridized carbons (Fsp3) is 0.348. The molecule has 0 saturated heterocycles. The largest absolute Gasteiger partial charge is 0.411 e. The van der Waals surface area contributed by atoms with Gasteiger partial charge in [0.2, 0.25) is 0 Å². The van der Waals surface area contributed by atoms with Gasteiger partial charge in [-0.3, -0.25) is 9.67 Å². The number of rotatable bonds is 3. The Morgan fingerprint density at radius 3 is 2.66 bits per heavy atom. The van der Waals surface area contributed by atoms with Crippen LogP contribution in [0.25, 0.3) is 22.4 Å². The number of aliphatic hydroxyl groups excluding tert-OH is 1. The van der Waals surface area contributed by atoms with Crippen molar-refractivity contribution in [2.75, 3.05) is 0 Å². The van der Waals surface area contributed by atoms with E-state index < -0.39 is 0 Å². The summed E-state index contributed by atoms with van der Waals surface area (Å²) in [6, 6.07) is 10.5. The van der Waals surface area contributed by atoms with Crippen LogP contribution >= 0.6 is 0 Å². The molecule has 1 aromatic carbocycles. The van der Waals surface area contributed by atoms with Crippen LogP contribution in [-0.2, 0) is 6.42 Å². The summed E-state index contributed by atoms with van der Waals surface area (Å²) in [6.45, 7) is 0. The van der Waals surface area contributed by atoms with Crippen molar-refractivity contribution in [2.24, 2.45) is 5.16 Å². The number of hydrogen-bond donors (Lipinski definition) is 2. The molecule has 0 aliphatic heterocycles. The van der Waals surface area contributed by atoms with Gasteiger partial charge in [-0.25, -0.2) is 0 Å². The molecule has 29 heavy (non-hydrogen) atoms. The number of aromatic nitrogens is 3. The first-order valence-electron chi connectivity index (χ1n) is 10.2. The standard InChI is InChI=1S/C23H24N4O2/c28-19-3-1-2-18(13-19)27-14-21(23(25-27)15-8-10-24-11-9-15)17-4-6-20-16(12-17)5-7-22(20)26-29/h4,6,8-12,14,18-19,28-29H,1-3,5,7,13H2/b26-22+/t18-,19-/m1/s1. The van der Waals surface area contributed by atoms with E-state index in [1.54, 1.807) is 12.4 Å². The molecule has 2 aromatic heterocycles. The van der Waals surface area contributed by atoms with E-state index in [4.69, 9.17) is 5.10 Å². The maximum atomic E-state index is 10.1. The first kappa shape index (κ1) is 18.1. The molecule has 0 spiro atoms. The molecule has 1 saturated carbocycles. The van der Waals surface area contributed by atoms with Crippen LogP contribution in [0.1, 0.15) is 49.3 Å². The Labute approximate surface area is 169 Å². The number of hydrogen-bond acceptors (Lipinski definition) is 5. The van der Waals surface area contributed by atoms with Gasteiger partial charge in [0, 0.05) is 35.3 Å². The summed E-state index contributed by atoms with van der Waals surface area (Å²) in [5, 5.41) is 27.7. The Bertz CT molecular complexity index is 1060. The lowest BCUT2D eigenvalue weighted by molar-refractivity contribution is 0.100. The highest BCUT2D eigenvalue weighted by Gasteiger charge is 2.25. The zero-order valence-electron chi connectivity index (χ0n) is 16.2. The Balaban J connectivity index is 1.60. The Morgan fingerprint density at radius 2 is 1.86 bits per heavy atom. The number of fused-ring (bicyclic) bond motifs is 1. The molecule has 0 unspecified atom stereocenters. The fourth-order valence-electron chi connectivity index (χ4n) is 4.63. The third kappa shape index (κ3) is 3.34. The van der Waals surface area contributed by atoms with E-state index >= 15 is 0 Å². The van der Waals surface area contributed by atoms with E-state index in [0.29, 0.717) is 0 Å². The average molecular weight is 388 g/mol. The summed E-state index contributed by atoms with van der Waals surface area (Å²) in [6.07, 6.45) is 10.8. The lowest BCUT2D eigenvalue weighted by Crippen LogP contribution is -2.22. The SMILES string of the molecule is O/N=C1\CCc2cc(-c3cn([C@@H]4CCC[C@@H](O)C4)nc3-c3ccncc3)ccc21. The van der Waals surface area contributed by atoms with E-state index in [2.05, 4.69) is 28.5 Å². The first-order chi connectivity index (χ1) is 14.2. The van der Waals surface area contributed by atoms with E-state index in [-0.39, 0.29) is 12.1 Å². The van der Waals surface area contributed by atoms with Gasteiger partial charge in [0.1, 0.15) is 5.69 Å². The van der Waals surface area contributed by atoms with Crippen molar-refractivity contribution in [3.63, 3.8) is 0 Å². The maximum absolute atomic E-state index is 10.1. The highest BCUT2D eigenvalue weighted by Crippen LogP contribution is 2.37. The molecule has 2 aliphatic rings. The number of aliphatic hydroxyl groups is 1. The Morgan fingerprint density at radius 1 is 1.00 bits per heavy atom. The van der Waals surface area contributed by atoms with Crippen LogP contribution in [0.2, 0.25) is 0 Å². The topological polar surface area (TPSA) is 83.5 Å². The van der Waals surface area contributed by atoms with Crippen molar-refractivity contribution >= 4 is 5.71 Å². The molecule has 6 nitrogen and oxygen atoms in total. The van der Waals surface area contributed by atoms with E-state index in [1.165, 1.54) is 5.56 Å². The lowest BCUT2D eigenvalue weighted by Gasteiger charge is -2.26. The second-order valence-electron chi connectivity index (χ2n) is 8.00. The first-order valence-corrected chi connectivity index (χ1v) is 10.2. The average Bonchev–Trinajstić information content (AvgIpc) is 3.38. The van der Waals surface area contributed by atoms with Gasteiger partial charge < -0.3 is 10.3 Å². The van der Waals surface area contributed by atoms with Crippen LogP contribution in [0.5, 0.6) is 0 Å². The molecule has 0 bridgehead atoms. The minimum atomic E-state index is -0.248. The summed E-state index contributed by atoms with van der Waals surface area (Å²) < 4.78 is 2.04. The Hall–Kier alpha value is -2.99. The van der Waals surface area contributed by atoms with Gasteiger partial charge in [0.25, 0.3) is 0 Å². The van der Waals surface area contributed by atoms with E-state index in [0.717, 1.165) is 72.2 Å².